The van der Waals surface area contributed by atoms with E-state index in [0.717, 1.165) is 39.0 Å². The fraction of sp³-hybridized carbons (Fsp3) is 0.400. The summed E-state index contributed by atoms with van der Waals surface area (Å²) < 4.78 is 28.1. The largest absolute Gasteiger partial charge is 0.296 e. The molecule has 0 aliphatic carbocycles. The Bertz CT molecular complexity index is 781. The maximum absolute atomic E-state index is 11.5. The highest BCUT2D eigenvalue weighted by Crippen LogP contribution is 2.17. The average Bonchev–Trinajstić information content (AvgIpc) is 2.63. The van der Waals surface area contributed by atoms with Crippen LogP contribution in [-0.4, -0.2) is 56.8 Å². The predicted molar refractivity (Wildman–Crippen MR) is 103 cm³/mol. The molecule has 6 heteroatoms. The van der Waals surface area contributed by atoms with Crippen LogP contribution in [0.3, 0.4) is 0 Å². The number of benzene rings is 2. The van der Waals surface area contributed by atoms with Gasteiger partial charge in [-0.1, -0.05) is 60.7 Å². The Labute approximate surface area is 156 Å². The van der Waals surface area contributed by atoms with Crippen LogP contribution in [0.5, 0.6) is 0 Å². The molecule has 1 aliphatic heterocycles. The van der Waals surface area contributed by atoms with Gasteiger partial charge in [0.25, 0.3) is 10.1 Å². The first kappa shape index (κ1) is 19.0. The van der Waals surface area contributed by atoms with Crippen LogP contribution < -0.4 is 0 Å². The van der Waals surface area contributed by atoms with E-state index in [9.17, 15) is 8.42 Å². The molecule has 1 heterocycles. The number of hydrogen-bond acceptors (Lipinski definition) is 5. The summed E-state index contributed by atoms with van der Waals surface area (Å²) in [6, 6.07) is 20.7. The second kappa shape index (κ2) is 8.77. The summed E-state index contributed by atoms with van der Waals surface area (Å²) >= 11 is 0. The van der Waals surface area contributed by atoms with Gasteiger partial charge in [-0.25, -0.2) is 0 Å². The van der Waals surface area contributed by atoms with Crippen LogP contribution in [0.25, 0.3) is 0 Å². The fourth-order valence-corrected chi connectivity index (χ4v) is 3.73. The maximum Gasteiger partial charge on any atom is 0.264 e. The van der Waals surface area contributed by atoms with Crippen LogP contribution in [0.4, 0.5) is 0 Å². The lowest BCUT2D eigenvalue weighted by Gasteiger charge is -2.41. The van der Waals surface area contributed by atoms with E-state index in [1.54, 1.807) is 0 Å². The third-order valence-corrected chi connectivity index (χ3v) is 5.21. The van der Waals surface area contributed by atoms with Crippen LogP contribution in [0.2, 0.25) is 0 Å². The van der Waals surface area contributed by atoms with Gasteiger partial charge in [0.05, 0.1) is 12.9 Å². The van der Waals surface area contributed by atoms with Crippen LogP contribution in [0.15, 0.2) is 60.7 Å². The molecule has 26 heavy (non-hydrogen) atoms. The van der Waals surface area contributed by atoms with Crippen molar-refractivity contribution in [3.63, 3.8) is 0 Å². The summed E-state index contributed by atoms with van der Waals surface area (Å²) in [4.78, 5) is 4.69. The van der Waals surface area contributed by atoms with Gasteiger partial charge in [0.2, 0.25) is 0 Å². The average molecular weight is 375 g/mol. The number of hydrogen-bond donors (Lipinski definition) is 0. The summed E-state index contributed by atoms with van der Waals surface area (Å²) in [7, 11) is -3.44. The molecule has 1 fully saturated rings. The second-order valence-corrected chi connectivity index (χ2v) is 8.46. The molecule has 0 N–H and O–H groups in total. The second-order valence-electron chi connectivity index (χ2n) is 6.82. The molecule has 0 bridgehead atoms. The van der Waals surface area contributed by atoms with Gasteiger partial charge in [-0.3, -0.25) is 14.0 Å². The van der Waals surface area contributed by atoms with Crippen LogP contribution >= 0.6 is 0 Å². The monoisotopic (exact) mass is 374 g/mol. The van der Waals surface area contributed by atoms with Crippen molar-refractivity contribution < 1.29 is 12.6 Å². The van der Waals surface area contributed by atoms with Gasteiger partial charge in [-0.05, 0) is 11.1 Å². The zero-order chi connectivity index (χ0) is 18.4. The van der Waals surface area contributed by atoms with E-state index in [1.807, 2.05) is 36.4 Å². The minimum absolute atomic E-state index is 0.0439. The predicted octanol–water partition coefficient (Wildman–Crippen LogP) is 2.35. The Hall–Kier alpha value is -1.73. The first-order valence-corrected chi connectivity index (χ1v) is 10.7. The maximum atomic E-state index is 11.5. The first-order valence-electron chi connectivity index (χ1n) is 8.88. The third kappa shape index (κ3) is 5.92. The lowest BCUT2D eigenvalue weighted by Crippen LogP contribution is -2.54. The van der Waals surface area contributed by atoms with Gasteiger partial charge in [0.15, 0.2) is 0 Å². The quantitative estimate of drug-likeness (QED) is 0.697. The van der Waals surface area contributed by atoms with E-state index in [4.69, 9.17) is 4.18 Å². The first-order chi connectivity index (χ1) is 12.5. The molecule has 0 aromatic heterocycles. The molecule has 1 aliphatic rings. The molecule has 0 spiro atoms. The Kier molecular flexibility index (Phi) is 6.43. The Balaban J connectivity index is 1.67. The van der Waals surface area contributed by atoms with Crippen molar-refractivity contribution >= 4 is 10.1 Å². The van der Waals surface area contributed by atoms with Gasteiger partial charge in [0, 0.05) is 38.8 Å². The van der Waals surface area contributed by atoms with Crippen molar-refractivity contribution in [3.8, 4) is 0 Å². The number of rotatable bonds is 7. The van der Waals surface area contributed by atoms with Crippen LogP contribution in [0.1, 0.15) is 11.1 Å². The summed E-state index contributed by atoms with van der Waals surface area (Å²) in [6.07, 6.45) is 1.11. The molecule has 3 rings (SSSR count). The third-order valence-electron chi connectivity index (χ3n) is 4.64. The highest BCUT2D eigenvalue weighted by molar-refractivity contribution is 7.85. The zero-order valence-electron chi connectivity index (χ0n) is 15.1. The normalized spacial score (nSPS) is 19.5. The molecule has 2 aromatic rings. The van der Waals surface area contributed by atoms with E-state index < -0.39 is 10.1 Å². The molecule has 0 amide bonds. The van der Waals surface area contributed by atoms with E-state index >= 15 is 0 Å². The van der Waals surface area contributed by atoms with E-state index in [2.05, 4.69) is 34.1 Å². The SMILES string of the molecule is CS(=O)(=O)OCC1CN(Cc2ccccc2)CCN1Cc1ccccc1. The molecule has 140 valence electrons. The molecule has 5 nitrogen and oxygen atoms in total. The fourth-order valence-electron chi connectivity index (χ4n) is 3.33. The lowest BCUT2D eigenvalue weighted by molar-refractivity contribution is 0.0392. The van der Waals surface area contributed by atoms with Crippen molar-refractivity contribution in [2.75, 3.05) is 32.5 Å². The molecular weight excluding hydrogens is 348 g/mol. The minimum atomic E-state index is -3.44. The Morgan fingerprint density at radius 2 is 1.50 bits per heavy atom. The molecule has 0 saturated carbocycles. The molecule has 1 unspecified atom stereocenters. The van der Waals surface area contributed by atoms with Crippen molar-refractivity contribution in [3.05, 3.63) is 71.8 Å². The summed E-state index contributed by atoms with van der Waals surface area (Å²) in [5.41, 5.74) is 2.50. The summed E-state index contributed by atoms with van der Waals surface area (Å²) in [5, 5.41) is 0. The molecular formula is C20H26N2O3S. The van der Waals surface area contributed by atoms with Crippen molar-refractivity contribution in [2.45, 2.75) is 19.1 Å². The standard InChI is InChI=1S/C20H26N2O3S/c1-26(23,24)25-17-20-16-21(14-18-8-4-2-5-9-18)12-13-22(20)15-19-10-6-3-7-11-19/h2-11,20H,12-17H2,1H3. The molecule has 2 aromatic carbocycles. The smallest absolute Gasteiger partial charge is 0.264 e. The Morgan fingerprint density at radius 1 is 0.923 bits per heavy atom. The zero-order valence-corrected chi connectivity index (χ0v) is 15.9. The van der Waals surface area contributed by atoms with E-state index in [-0.39, 0.29) is 12.6 Å². The Morgan fingerprint density at radius 3 is 2.08 bits per heavy atom. The van der Waals surface area contributed by atoms with Gasteiger partial charge >= 0.3 is 0 Å². The van der Waals surface area contributed by atoms with Crippen molar-refractivity contribution in [1.82, 2.24) is 9.80 Å². The minimum Gasteiger partial charge on any atom is -0.296 e. The highest BCUT2D eigenvalue weighted by Gasteiger charge is 2.28. The molecule has 1 atom stereocenters. The van der Waals surface area contributed by atoms with Gasteiger partial charge < -0.3 is 0 Å². The topological polar surface area (TPSA) is 49.9 Å². The summed E-state index contributed by atoms with van der Waals surface area (Å²) in [6.45, 7) is 4.50. The number of piperazine rings is 1. The van der Waals surface area contributed by atoms with Crippen molar-refractivity contribution in [2.24, 2.45) is 0 Å². The molecule has 1 saturated heterocycles. The van der Waals surface area contributed by atoms with Gasteiger partial charge in [0.1, 0.15) is 0 Å². The lowest BCUT2D eigenvalue weighted by atomic mass is 10.1. The van der Waals surface area contributed by atoms with Crippen molar-refractivity contribution in [1.29, 1.82) is 0 Å². The van der Waals surface area contributed by atoms with Crippen LogP contribution in [0, 0.1) is 0 Å². The number of nitrogens with zero attached hydrogens (tertiary/aromatic N) is 2. The van der Waals surface area contributed by atoms with E-state index in [0.29, 0.717) is 0 Å². The summed E-state index contributed by atoms with van der Waals surface area (Å²) in [5.74, 6) is 0. The highest BCUT2D eigenvalue weighted by atomic mass is 32.2. The van der Waals surface area contributed by atoms with E-state index in [1.165, 1.54) is 11.1 Å². The van der Waals surface area contributed by atoms with Crippen LogP contribution in [-0.2, 0) is 27.4 Å². The van der Waals surface area contributed by atoms with Gasteiger partial charge in [-0.15, -0.1) is 0 Å². The van der Waals surface area contributed by atoms with Gasteiger partial charge in [-0.2, -0.15) is 8.42 Å². The molecule has 0 radical (unpaired) electrons.